The average Bonchev–Trinajstić information content (AvgIpc) is 2.90. The molecule has 1 spiro atoms. The SMILES string of the molecule is Cc1cc(=O)[nH]c(NCCN2C[C@@]3(CCOC3)CCC2=O)n1. The zero-order chi connectivity index (χ0) is 15.6. The zero-order valence-electron chi connectivity index (χ0n) is 12.9. The van der Waals surface area contributed by atoms with E-state index in [2.05, 4.69) is 15.3 Å². The Bertz CT molecular complexity index is 607. The molecule has 1 atom stereocenters. The molecule has 2 aliphatic rings. The van der Waals surface area contributed by atoms with Crippen LogP contribution in [0.2, 0.25) is 0 Å². The molecule has 0 aliphatic carbocycles. The predicted octanol–water partition coefficient (Wildman–Crippen LogP) is 0.519. The first-order chi connectivity index (χ1) is 10.6. The number of rotatable bonds is 4. The quantitative estimate of drug-likeness (QED) is 0.847. The second-order valence-corrected chi connectivity index (χ2v) is 6.28. The lowest BCUT2D eigenvalue weighted by molar-refractivity contribution is -0.137. The van der Waals surface area contributed by atoms with Crippen LogP contribution in [0.15, 0.2) is 10.9 Å². The summed E-state index contributed by atoms with van der Waals surface area (Å²) in [5.74, 6) is 0.651. The van der Waals surface area contributed by atoms with Crippen molar-refractivity contribution in [3.63, 3.8) is 0 Å². The van der Waals surface area contributed by atoms with Crippen LogP contribution in [0.1, 0.15) is 25.0 Å². The van der Waals surface area contributed by atoms with Crippen molar-refractivity contribution in [3.05, 3.63) is 22.1 Å². The minimum absolute atomic E-state index is 0.157. The van der Waals surface area contributed by atoms with Gasteiger partial charge >= 0.3 is 0 Å². The van der Waals surface area contributed by atoms with Crippen molar-refractivity contribution < 1.29 is 9.53 Å². The van der Waals surface area contributed by atoms with Gasteiger partial charge in [0.2, 0.25) is 11.9 Å². The van der Waals surface area contributed by atoms with Gasteiger partial charge in [-0.1, -0.05) is 0 Å². The first-order valence-electron chi connectivity index (χ1n) is 7.74. The van der Waals surface area contributed by atoms with Gasteiger partial charge in [-0.15, -0.1) is 0 Å². The van der Waals surface area contributed by atoms with Crippen LogP contribution in [0.25, 0.3) is 0 Å². The number of hydrogen-bond acceptors (Lipinski definition) is 5. The topological polar surface area (TPSA) is 87.3 Å². The van der Waals surface area contributed by atoms with Gasteiger partial charge in [0.1, 0.15) is 0 Å². The van der Waals surface area contributed by atoms with Crippen molar-refractivity contribution in [2.45, 2.75) is 26.2 Å². The van der Waals surface area contributed by atoms with Crippen LogP contribution in [0.4, 0.5) is 5.95 Å². The van der Waals surface area contributed by atoms with Crippen LogP contribution in [0.3, 0.4) is 0 Å². The Morgan fingerprint density at radius 2 is 2.32 bits per heavy atom. The molecule has 1 aromatic rings. The van der Waals surface area contributed by atoms with Crippen molar-refractivity contribution in [1.82, 2.24) is 14.9 Å². The third-order valence-electron chi connectivity index (χ3n) is 4.48. The number of nitrogens with one attached hydrogen (secondary N) is 2. The Labute approximate surface area is 129 Å². The number of nitrogens with zero attached hydrogens (tertiary/aromatic N) is 2. The molecular weight excluding hydrogens is 284 g/mol. The van der Waals surface area contributed by atoms with Gasteiger partial charge in [-0.2, -0.15) is 0 Å². The number of likely N-dealkylation sites (tertiary alicyclic amines) is 1. The van der Waals surface area contributed by atoms with Gasteiger partial charge < -0.3 is 15.0 Å². The van der Waals surface area contributed by atoms with E-state index in [1.807, 2.05) is 4.90 Å². The second-order valence-electron chi connectivity index (χ2n) is 6.28. The fourth-order valence-electron chi connectivity index (χ4n) is 3.25. The summed E-state index contributed by atoms with van der Waals surface area (Å²) >= 11 is 0. The normalized spacial score (nSPS) is 25.0. The van der Waals surface area contributed by atoms with Gasteiger partial charge in [0.05, 0.1) is 6.61 Å². The second kappa shape index (κ2) is 6.08. The molecule has 2 saturated heterocycles. The van der Waals surface area contributed by atoms with E-state index in [0.29, 0.717) is 31.2 Å². The lowest BCUT2D eigenvalue weighted by Gasteiger charge is -2.39. The van der Waals surface area contributed by atoms with Crippen LogP contribution in [0, 0.1) is 12.3 Å². The van der Waals surface area contributed by atoms with E-state index in [0.717, 1.165) is 32.6 Å². The van der Waals surface area contributed by atoms with E-state index in [1.165, 1.54) is 6.07 Å². The highest BCUT2D eigenvalue weighted by Gasteiger charge is 2.41. The molecule has 0 radical (unpaired) electrons. The van der Waals surface area contributed by atoms with Crippen molar-refractivity contribution in [2.75, 3.05) is 38.2 Å². The molecule has 2 aliphatic heterocycles. The number of carbonyl (C=O) groups is 1. The number of aromatic amines is 1. The number of H-pyrrole nitrogens is 1. The predicted molar refractivity (Wildman–Crippen MR) is 81.8 cm³/mol. The highest BCUT2D eigenvalue weighted by atomic mass is 16.5. The number of aromatic nitrogens is 2. The summed E-state index contributed by atoms with van der Waals surface area (Å²) in [7, 11) is 0. The molecule has 3 rings (SSSR count). The number of hydrogen-bond donors (Lipinski definition) is 2. The third-order valence-corrected chi connectivity index (χ3v) is 4.48. The van der Waals surface area contributed by atoms with Crippen LogP contribution in [-0.2, 0) is 9.53 Å². The van der Waals surface area contributed by atoms with Gasteiger partial charge in [0.25, 0.3) is 5.56 Å². The number of ether oxygens (including phenoxy) is 1. The first-order valence-corrected chi connectivity index (χ1v) is 7.74. The highest BCUT2D eigenvalue weighted by Crippen LogP contribution is 2.37. The smallest absolute Gasteiger partial charge is 0.252 e. The maximum atomic E-state index is 12.1. The summed E-state index contributed by atoms with van der Waals surface area (Å²) in [6, 6.07) is 1.45. The van der Waals surface area contributed by atoms with Crippen LogP contribution in [-0.4, -0.2) is 53.6 Å². The lowest BCUT2D eigenvalue weighted by atomic mass is 9.79. The fourth-order valence-corrected chi connectivity index (χ4v) is 3.25. The van der Waals surface area contributed by atoms with E-state index in [-0.39, 0.29) is 16.9 Å². The first kappa shape index (κ1) is 15.0. The fraction of sp³-hybridized carbons (Fsp3) is 0.667. The van der Waals surface area contributed by atoms with E-state index in [4.69, 9.17) is 4.74 Å². The standard InChI is InChI=1S/C15H22N4O3/c1-11-8-12(20)18-14(17-11)16-5-6-19-9-15(3-2-13(19)21)4-7-22-10-15/h8H,2-7,9-10H2,1H3,(H2,16,17,18,20)/t15-/m0/s1. The maximum absolute atomic E-state index is 12.1. The Kier molecular flexibility index (Phi) is 4.15. The summed E-state index contributed by atoms with van der Waals surface area (Å²) in [4.78, 5) is 32.2. The molecule has 2 N–H and O–H groups in total. The van der Waals surface area contributed by atoms with Gasteiger partial charge in [-0.25, -0.2) is 4.98 Å². The molecule has 2 fully saturated rings. The van der Waals surface area contributed by atoms with Gasteiger partial charge in [0.15, 0.2) is 0 Å². The maximum Gasteiger partial charge on any atom is 0.252 e. The van der Waals surface area contributed by atoms with Gasteiger partial charge in [-0.3, -0.25) is 14.6 Å². The molecule has 7 nitrogen and oxygen atoms in total. The summed E-state index contributed by atoms with van der Waals surface area (Å²) in [5.41, 5.74) is 0.651. The Hall–Kier alpha value is -1.89. The molecule has 0 bridgehead atoms. The van der Waals surface area contributed by atoms with Gasteiger partial charge in [-0.05, 0) is 19.8 Å². The van der Waals surface area contributed by atoms with E-state index in [1.54, 1.807) is 6.92 Å². The molecule has 1 amide bonds. The highest BCUT2D eigenvalue weighted by molar-refractivity contribution is 5.77. The summed E-state index contributed by atoms with van der Waals surface area (Å²) < 4.78 is 5.52. The number of anilines is 1. The number of amides is 1. The van der Waals surface area contributed by atoms with E-state index < -0.39 is 0 Å². The third kappa shape index (κ3) is 3.30. The Morgan fingerprint density at radius 3 is 3.05 bits per heavy atom. The average molecular weight is 306 g/mol. The van der Waals surface area contributed by atoms with Crippen molar-refractivity contribution in [3.8, 4) is 0 Å². The van der Waals surface area contributed by atoms with Crippen molar-refractivity contribution >= 4 is 11.9 Å². The molecule has 22 heavy (non-hydrogen) atoms. The summed E-state index contributed by atoms with van der Waals surface area (Å²) in [5, 5.41) is 3.08. The minimum Gasteiger partial charge on any atom is -0.381 e. The molecule has 7 heteroatoms. The monoisotopic (exact) mass is 306 g/mol. The van der Waals surface area contributed by atoms with E-state index >= 15 is 0 Å². The largest absolute Gasteiger partial charge is 0.381 e. The van der Waals surface area contributed by atoms with E-state index in [9.17, 15) is 9.59 Å². The summed E-state index contributed by atoms with van der Waals surface area (Å²) in [6.45, 7) is 5.28. The number of carbonyl (C=O) groups excluding carboxylic acids is 1. The number of piperidine rings is 1. The zero-order valence-corrected chi connectivity index (χ0v) is 12.9. The van der Waals surface area contributed by atoms with Gasteiger partial charge in [0, 0.05) is 49.8 Å². The molecule has 3 heterocycles. The van der Waals surface area contributed by atoms with Crippen LogP contribution < -0.4 is 10.9 Å². The van der Waals surface area contributed by atoms with Crippen LogP contribution >= 0.6 is 0 Å². The minimum atomic E-state index is -0.175. The summed E-state index contributed by atoms with van der Waals surface area (Å²) in [6.07, 6.45) is 2.57. The molecule has 0 saturated carbocycles. The van der Waals surface area contributed by atoms with Crippen LogP contribution in [0.5, 0.6) is 0 Å². The number of aryl methyl sites for hydroxylation is 1. The molecular formula is C15H22N4O3. The lowest BCUT2D eigenvalue weighted by Crippen LogP contribution is -2.48. The Morgan fingerprint density at radius 1 is 1.45 bits per heavy atom. The van der Waals surface area contributed by atoms with Crippen molar-refractivity contribution in [1.29, 1.82) is 0 Å². The molecule has 0 unspecified atom stereocenters. The Balaban J connectivity index is 1.55. The van der Waals surface area contributed by atoms with Crippen molar-refractivity contribution in [2.24, 2.45) is 5.41 Å². The molecule has 1 aromatic heterocycles. The molecule has 120 valence electrons. The molecule has 0 aromatic carbocycles.